The molecule has 3 atom stereocenters. The first kappa shape index (κ1) is 10.9. The summed E-state index contributed by atoms with van der Waals surface area (Å²) in [5.74, 6) is -0.700. The second-order valence-electron chi connectivity index (χ2n) is 3.80. The van der Waals surface area contributed by atoms with Gasteiger partial charge in [-0.2, -0.15) is 0 Å². The molecule has 1 aliphatic rings. The molecule has 0 aromatic carbocycles. The van der Waals surface area contributed by atoms with Crippen LogP contribution in [0.1, 0.15) is 27.2 Å². The number of aliphatic hydroxyl groups excluding tert-OH is 2. The maximum Gasteiger partial charge on any atom is 0.164 e. The zero-order valence-electron chi connectivity index (χ0n) is 8.36. The summed E-state index contributed by atoms with van der Waals surface area (Å²) < 4.78 is 10.9. The van der Waals surface area contributed by atoms with Crippen LogP contribution in [0.4, 0.5) is 0 Å². The molecular weight excluding hydrogens is 172 g/mol. The molecule has 0 amide bonds. The van der Waals surface area contributed by atoms with E-state index in [0.29, 0.717) is 6.42 Å². The van der Waals surface area contributed by atoms with E-state index in [0.717, 1.165) is 0 Å². The van der Waals surface area contributed by atoms with Crippen molar-refractivity contribution in [2.45, 2.75) is 51.3 Å². The van der Waals surface area contributed by atoms with Crippen molar-refractivity contribution in [2.24, 2.45) is 0 Å². The number of aliphatic hydroxyl groups is 2. The maximum absolute atomic E-state index is 9.58. The Balaban J connectivity index is 2.63. The second-order valence-corrected chi connectivity index (χ2v) is 3.80. The molecular formula is C9H18O4. The highest BCUT2D eigenvalue weighted by atomic mass is 16.8. The molecule has 1 heterocycles. The molecule has 0 saturated carbocycles. The van der Waals surface area contributed by atoms with Crippen molar-refractivity contribution in [3.8, 4) is 0 Å². The first-order chi connectivity index (χ1) is 6.00. The van der Waals surface area contributed by atoms with E-state index in [1.165, 1.54) is 0 Å². The Morgan fingerprint density at radius 2 is 2.00 bits per heavy atom. The van der Waals surface area contributed by atoms with Gasteiger partial charge in [0.05, 0.1) is 12.7 Å². The lowest BCUT2D eigenvalue weighted by molar-refractivity contribution is -0.156. The van der Waals surface area contributed by atoms with Gasteiger partial charge < -0.3 is 19.7 Å². The van der Waals surface area contributed by atoms with Gasteiger partial charge in [-0.15, -0.1) is 0 Å². The summed E-state index contributed by atoms with van der Waals surface area (Å²) in [6.07, 6.45) is -0.797. The molecule has 2 N–H and O–H groups in total. The lowest BCUT2D eigenvalue weighted by Crippen LogP contribution is -2.36. The molecule has 1 aliphatic heterocycles. The van der Waals surface area contributed by atoms with Crippen LogP contribution in [-0.4, -0.2) is 40.9 Å². The maximum atomic E-state index is 9.58. The molecule has 0 spiro atoms. The van der Waals surface area contributed by atoms with E-state index < -0.39 is 24.1 Å². The predicted molar refractivity (Wildman–Crippen MR) is 47.2 cm³/mol. The quantitative estimate of drug-likeness (QED) is 0.670. The molecule has 0 unspecified atom stereocenters. The van der Waals surface area contributed by atoms with E-state index in [4.69, 9.17) is 14.6 Å². The number of rotatable bonds is 3. The topological polar surface area (TPSA) is 58.9 Å². The molecule has 1 saturated heterocycles. The fraction of sp³-hybridized carbons (Fsp3) is 1.00. The van der Waals surface area contributed by atoms with Gasteiger partial charge in [-0.1, -0.05) is 6.92 Å². The van der Waals surface area contributed by atoms with Crippen LogP contribution >= 0.6 is 0 Å². The molecule has 4 heteroatoms. The van der Waals surface area contributed by atoms with Crippen LogP contribution in [0.15, 0.2) is 0 Å². The van der Waals surface area contributed by atoms with Crippen LogP contribution in [0.25, 0.3) is 0 Å². The van der Waals surface area contributed by atoms with Gasteiger partial charge in [0.25, 0.3) is 0 Å². The Hall–Kier alpha value is -0.160. The SMILES string of the molecule is CC[C@H](O)[C@H]1OC(C)(C)O[C@H]1CO. The van der Waals surface area contributed by atoms with Gasteiger partial charge in [0, 0.05) is 0 Å². The van der Waals surface area contributed by atoms with Crippen LogP contribution in [0, 0.1) is 0 Å². The van der Waals surface area contributed by atoms with Crippen LogP contribution in [0.3, 0.4) is 0 Å². The van der Waals surface area contributed by atoms with Crippen molar-refractivity contribution in [3.05, 3.63) is 0 Å². The minimum atomic E-state index is -0.700. The van der Waals surface area contributed by atoms with Gasteiger partial charge in [0.2, 0.25) is 0 Å². The third-order valence-corrected chi connectivity index (χ3v) is 2.20. The average molecular weight is 190 g/mol. The number of hydrogen-bond acceptors (Lipinski definition) is 4. The van der Waals surface area contributed by atoms with Crippen LogP contribution < -0.4 is 0 Å². The van der Waals surface area contributed by atoms with Crippen molar-refractivity contribution in [1.82, 2.24) is 0 Å². The predicted octanol–water partition coefficient (Wildman–Crippen LogP) is 0.270. The Labute approximate surface area is 78.5 Å². The summed E-state index contributed by atoms with van der Waals surface area (Å²) in [7, 11) is 0. The second kappa shape index (κ2) is 3.92. The lowest BCUT2D eigenvalue weighted by Gasteiger charge is -2.20. The minimum absolute atomic E-state index is 0.120. The molecule has 0 radical (unpaired) electrons. The standard InChI is InChI=1S/C9H18O4/c1-4-6(11)8-7(5-10)12-9(2,3)13-8/h6-8,10-11H,4-5H2,1-3H3/t6-,7-,8+/m0/s1. The van der Waals surface area contributed by atoms with Crippen molar-refractivity contribution >= 4 is 0 Å². The number of hydrogen-bond donors (Lipinski definition) is 2. The summed E-state index contributed by atoms with van der Waals surface area (Å²) in [4.78, 5) is 0. The molecule has 0 aromatic rings. The minimum Gasteiger partial charge on any atom is -0.394 e. The zero-order valence-corrected chi connectivity index (χ0v) is 8.36. The monoisotopic (exact) mass is 190 g/mol. The van der Waals surface area contributed by atoms with Gasteiger partial charge in [-0.3, -0.25) is 0 Å². The Bertz CT molecular complexity index is 169. The van der Waals surface area contributed by atoms with E-state index in [9.17, 15) is 5.11 Å². The molecule has 13 heavy (non-hydrogen) atoms. The Kier molecular flexibility index (Phi) is 3.29. The largest absolute Gasteiger partial charge is 0.394 e. The fourth-order valence-electron chi connectivity index (χ4n) is 1.56. The summed E-state index contributed by atoms with van der Waals surface area (Å²) in [6, 6.07) is 0. The summed E-state index contributed by atoms with van der Waals surface area (Å²) in [6.45, 7) is 5.30. The summed E-state index contributed by atoms with van der Waals surface area (Å²) >= 11 is 0. The van der Waals surface area contributed by atoms with Crippen molar-refractivity contribution < 1.29 is 19.7 Å². The molecule has 0 bridgehead atoms. The molecule has 4 nitrogen and oxygen atoms in total. The third-order valence-electron chi connectivity index (χ3n) is 2.20. The van der Waals surface area contributed by atoms with Gasteiger partial charge in [0.15, 0.2) is 5.79 Å². The van der Waals surface area contributed by atoms with E-state index >= 15 is 0 Å². The highest BCUT2D eigenvalue weighted by molar-refractivity contribution is 4.85. The first-order valence-electron chi connectivity index (χ1n) is 4.64. The molecule has 1 fully saturated rings. The third kappa shape index (κ3) is 2.40. The van der Waals surface area contributed by atoms with Gasteiger partial charge in [-0.25, -0.2) is 0 Å². The van der Waals surface area contributed by atoms with Crippen molar-refractivity contribution in [1.29, 1.82) is 0 Å². The van der Waals surface area contributed by atoms with E-state index in [1.54, 1.807) is 13.8 Å². The molecule has 0 aliphatic carbocycles. The molecule has 78 valence electrons. The molecule has 1 rings (SSSR count). The van der Waals surface area contributed by atoms with Crippen molar-refractivity contribution in [2.75, 3.05) is 6.61 Å². The summed E-state index contributed by atoms with van der Waals surface area (Å²) in [5, 5.41) is 18.6. The van der Waals surface area contributed by atoms with Gasteiger partial charge >= 0.3 is 0 Å². The first-order valence-corrected chi connectivity index (χ1v) is 4.64. The van der Waals surface area contributed by atoms with Crippen LogP contribution in [0.2, 0.25) is 0 Å². The smallest absolute Gasteiger partial charge is 0.164 e. The zero-order chi connectivity index (χ0) is 10.1. The van der Waals surface area contributed by atoms with Crippen LogP contribution in [0.5, 0.6) is 0 Å². The van der Waals surface area contributed by atoms with E-state index in [-0.39, 0.29) is 6.61 Å². The number of ether oxygens (including phenoxy) is 2. The highest BCUT2D eigenvalue weighted by Crippen LogP contribution is 2.30. The normalized spacial score (nSPS) is 34.8. The van der Waals surface area contributed by atoms with E-state index in [2.05, 4.69) is 0 Å². The van der Waals surface area contributed by atoms with Gasteiger partial charge in [-0.05, 0) is 20.3 Å². The Morgan fingerprint density at radius 1 is 1.38 bits per heavy atom. The lowest BCUT2D eigenvalue weighted by atomic mass is 10.1. The molecule has 0 aromatic heterocycles. The summed E-state index contributed by atoms with van der Waals surface area (Å²) in [5.41, 5.74) is 0. The fourth-order valence-corrected chi connectivity index (χ4v) is 1.56. The highest BCUT2D eigenvalue weighted by Gasteiger charge is 2.43. The van der Waals surface area contributed by atoms with Gasteiger partial charge in [0.1, 0.15) is 12.2 Å². The van der Waals surface area contributed by atoms with E-state index in [1.807, 2.05) is 6.92 Å². The van der Waals surface area contributed by atoms with Crippen molar-refractivity contribution in [3.63, 3.8) is 0 Å². The average Bonchev–Trinajstić information content (AvgIpc) is 2.39. The Morgan fingerprint density at radius 3 is 2.46 bits per heavy atom. The van der Waals surface area contributed by atoms with Crippen LogP contribution in [-0.2, 0) is 9.47 Å².